The van der Waals surface area contributed by atoms with Crippen LogP contribution in [-0.4, -0.2) is 36.3 Å². The molecule has 1 aromatic carbocycles. The maximum absolute atomic E-state index is 12.4. The van der Waals surface area contributed by atoms with Crippen LogP contribution in [0.4, 0.5) is 0 Å². The van der Waals surface area contributed by atoms with E-state index in [1.54, 1.807) is 4.57 Å². The lowest BCUT2D eigenvalue weighted by atomic mass is 10.2. The lowest BCUT2D eigenvalue weighted by Crippen LogP contribution is -2.27. The Morgan fingerprint density at radius 1 is 1.17 bits per heavy atom. The van der Waals surface area contributed by atoms with Crippen LogP contribution in [0.5, 0.6) is 0 Å². The molecule has 2 aromatic rings. The van der Waals surface area contributed by atoms with Gasteiger partial charge in [0.15, 0.2) is 4.80 Å². The number of thiazole rings is 1. The summed E-state index contributed by atoms with van der Waals surface area (Å²) in [6, 6.07) is 5.99. The minimum Gasteiger partial charge on any atom is -0.327 e. The minimum absolute atomic E-state index is 0.220. The summed E-state index contributed by atoms with van der Waals surface area (Å²) < 4.78 is 28.1. The first-order valence-corrected chi connectivity index (χ1v) is 9.60. The third kappa shape index (κ3) is 3.29. The summed E-state index contributed by atoms with van der Waals surface area (Å²) >= 11 is 1.37. The standard InChI is InChI=1S/C15H17N3O3S2/c1-17-10-11-22-15(17)16-14(19)12-4-6-13(7-5-12)23(20,21)18-8-2-3-9-18/h4-7,10-11H,2-3,8-9H2,1H3. The van der Waals surface area contributed by atoms with Crippen LogP contribution in [0.3, 0.4) is 0 Å². The number of amides is 1. The zero-order valence-corrected chi connectivity index (χ0v) is 14.3. The zero-order valence-electron chi connectivity index (χ0n) is 12.7. The van der Waals surface area contributed by atoms with Crippen LogP contribution in [0, 0.1) is 0 Å². The van der Waals surface area contributed by atoms with E-state index in [9.17, 15) is 13.2 Å². The molecule has 0 aliphatic carbocycles. The highest BCUT2D eigenvalue weighted by Gasteiger charge is 2.27. The summed E-state index contributed by atoms with van der Waals surface area (Å²) in [6.07, 6.45) is 3.61. The fourth-order valence-corrected chi connectivity index (χ4v) is 4.68. The van der Waals surface area contributed by atoms with Crippen molar-refractivity contribution < 1.29 is 13.2 Å². The number of nitrogens with zero attached hydrogens (tertiary/aromatic N) is 3. The molecular weight excluding hydrogens is 334 g/mol. The lowest BCUT2D eigenvalue weighted by molar-refractivity contribution is 0.0997. The van der Waals surface area contributed by atoms with Gasteiger partial charge in [-0.25, -0.2) is 8.42 Å². The van der Waals surface area contributed by atoms with Gasteiger partial charge in [0.05, 0.1) is 4.90 Å². The Labute approximate surface area is 138 Å². The van der Waals surface area contributed by atoms with E-state index in [-0.39, 0.29) is 10.8 Å². The number of hydrogen-bond acceptors (Lipinski definition) is 4. The Morgan fingerprint density at radius 2 is 1.83 bits per heavy atom. The van der Waals surface area contributed by atoms with E-state index in [0.717, 1.165) is 12.8 Å². The Bertz CT molecular complexity index is 873. The third-order valence-corrected chi connectivity index (χ3v) is 6.52. The van der Waals surface area contributed by atoms with Gasteiger partial charge < -0.3 is 4.57 Å². The topological polar surface area (TPSA) is 71.7 Å². The maximum atomic E-state index is 12.4. The number of rotatable bonds is 3. The molecule has 0 bridgehead atoms. The van der Waals surface area contributed by atoms with Crippen LogP contribution in [0.1, 0.15) is 23.2 Å². The molecule has 0 radical (unpaired) electrons. The second kappa shape index (κ2) is 6.38. The van der Waals surface area contributed by atoms with E-state index < -0.39 is 10.0 Å². The summed E-state index contributed by atoms with van der Waals surface area (Å²) in [5.41, 5.74) is 0.374. The fourth-order valence-electron chi connectivity index (χ4n) is 2.43. The highest BCUT2D eigenvalue weighted by Crippen LogP contribution is 2.21. The van der Waals surface area contributed by atoms with Gasteiger partial charge in [-0.05, 0) is 37.1 Å². The number of aryl methyl sites for hydroxylation is 1. The number of sulfonamides is 1. The van der Waals surface area contributed by atoms with Gasteiger partial charge in [-0.2, -0.15) is 9.30 Å². The third-order valence-electron chi connectivity index (χ3n) is 3.76. The van der Waals surface area contributed by atoms with Crippen LogP contribution in [0.15, 0.2) is 45.7 Å². The van der Waals surface area contributed by atoms with Crippen molar-refractivity contribution in [2.45, 2.75) is 17.7 Å². The summed E-state index contributed by atoms with van der Waals surface area (Å²) in [5.74, 6) is -0.381. The van der Waals surface area contributed by atoms with Gasteiger partial charge in [0, 0.05) is 37.3 Å². The van der Waals surface area contributed by atoms with Crippen molar-refractivity contribution in [3.8, 4) is 0 Å². The monoisotopic (exact) mass is 351 g/mol. The molecule has 0 saturated carbocycles. The molecule has 8 heteroatoms. The zero-order chi connectivity index (χ0) is 16.4. The molecule has 6 nitrogen and oxygen atoms in total. The molecule has 1 aliphatic rings. The molecule has 3 rings (SSSR count). The molecule has 0 spiro atoms. The van der Waals surface area contributed by atoms with Gasteiger partial charge in [-0.3, -0.25) is 4.79 Å². The maximum Gasteiger partial charge on any atom is 0.279 e. The predicted molar refractivity (Wildman–Crippen MR) is 87.6 cm³/mol. The number of carbonyl (C=O) groups excluding carboxylic acids is 1. The number of aromatic nitrogens is 1. The Balaban J connectivity index is 1.85. The SMILES string of the molecule is Cn1ccsc1=NC(=O)c1ccc(S(=O)(=O)N2CCCC2)cc1. The van der Waals surface area contributed by atoms with Crippen molar-refractivity contribution in [1.29, 1.82) is 0 Å². The van der Waals surface area contributed by atoms with E-state index in [0.29, 0.717) is 23.5 Å². The number of hydrogen-bond donors (Lipinski definition) is 0. The molecule has 1 aliphatic heterocycles. The van der Waals surface area contributed by atoms with E-state index in [2.05, 4.69) is 4.99 Å². The number of carbonyl (C=O) groups is 1. The van der Waals surface area contributed by atoms with Crippen molar-refractivity contribution in [2.24, 2.45) is 12.0 Å². The predicted octanol–water partition coefficient (Wildman–Crippen LogP) is 1.61. The van der Waals surface area contributed by atoms with E-state index in [1.807, 2.05) is 18.6 Å². The first-order chi connectivity index (χ1) is 11.0. The van der Waals surface area contributed by atoms with Gasteiger partial charge in [0.25, 0.3) is 5.91 Å². The van der Waals surface area contributed by atoms with Gasteiger partial charge in [0.1, 0.15) is 0 Å². The van der Waals surface area contributed by atoms with Crippen molar-refractivity contribution in [3.63, 3.8) is 0 Å². The highest BCUT2D eigenvalue weighted by atomic mass is 32.2. The molecule has 122 valence electrons. The molecule has 1 saturated heterocycles. The molecule has 1 amide bonds. The van der Waals surface area contributed by atoms with Crippen LogP contribution in [-0.2, 0) is 17.1 Å². The lowest BCUT2D eigenvalue weighted by Gasteiger charge is -2.15. The van der Waals surface area contributed by atoms with Gasteiger partial charge in [-0.15, -0.1) is 11.3 Å². The molecule has 1 aromatic heterocycles. The summed E-state index contributed by atoms with van der Waals surface area (Å²) in [4.78, 5) is 17.0. The largest absolute Gasteiger partial charge is 0.327 e. The average molecular weight is 351 g/mol. The van der Waals surface area contributed by atoms with E-state index in [4.69, 9.17) is 0 Å². The molecule has 1 fully saturated rings. The molecule has 2 heterocycles. The van der Waals surface area contributed by atoms with Gasteiger partial charge >= 0.3 is 0 Å². The van der Waals surface area contributed by atoms with Crippen molar-refractivity contribution >= 4 is 27.3 Å². The van der Waals surface area contributed by atoms with Crippen LogP contribution >= 0.6 is 11.3 Å². The summed E-state index contributed by atoms with van der Waals surface area (Å²) in [6.45, 7) is 1.13. The Morgan fingerprint density at radius 3 is 2.39 bits per heavy atom. The van der Waals surface area contributed by atoms with Crippen molar-refractivity contribution in [3.05, 3.63) is 46.2 Å². The second-order valence-electron chi connectivity index (χ2n) is 5.35. The van der Waals surface area contributed by atoms with Crippen LogP contribution in [0.25, 0.3) is 0 Å². The van der Waals surface area contributed by atoms with Crippen molar-refractivity contribution in [1.82, 2.24) is 8.87 Å². The smallest absolute Gasteiger partial charge is 0.279 e. The first kappa shape index (κ1) is 16.1. The van der Waals surface area contributed by atoms with Gasteiger partial charge in [0.2, 0.25) is 10.0 Å². The van der Waals surface area contributed by atoms with Gasteiger partial charge in [-0.1, -0.05) is 0 Å². The highest BCUT2D eigenvalue weighted by molar-refractivity contribution is 7.89. The molecule has 0 atom stereocenters. The normalized spacial score (nSPS) is 16.8. The molecular formula is C15H17N3O3S2. The Kier molecular flexibility index (Phi) is 4.47. The first-order valence-electron chi connectivity index (χ1n) is 7.28. The second-order valence-corrected chi connectivity index (χ2v) is 8.16. The minimum atomic E-state index is -3.45. The van der Waals surface area contributed by atoms with E-state index in [1.165, 1.54) is 39.9 Å². The fraction of sp³-hybridized carbons (Fsp3) is 0.333. The molecule has 0 N–H and O–H groups in total. The van der Waals surface area contributed by atoms with Crippen LogP contribution in [0.2, 0.25) is 0 Å². The summed E-state index contributed by atoms with van der Waals surface area (Å²) in [7, 11) is -1.63. The van der Waals surface area contributed by atoms with Crippen molar-refractivity contribution in [2.75, 3.05) is 13.1 Å². The average Bonchev–Trinajstić information content (AvgIpc) is 3.20. The molecule has 0 unspecified atom stereocenters. The quantitative estimate of drug-likeness (QED) is 0.843. The Hall–Kier alpha value is -1.77. The van der Waals surface area contributed by atoms with Crippen LogP contribution < -0.4 is 4.80 Å². The molecule has 23 heavy (non-hydrogen) atoms. The van der Waals surface area contributed by atoms with E-state index >= 15 is 0 Å². The summed E-state index contributed by atoms with van der Waals surface area (Å²) in [5, 5.41) is 1.85. The number of benzene rings is 1.